The van der Waals surface area contributed by atoms with Crippen LogP contribution in [0.4, 0.5) is 10.5 Å². The Bertz CT molecular complexity index is 1180. The molecule has 0 aliphatic carbocycles. The van der Waals surface area contributed by atoms with Crippen LogP contribution in [-0.4, -0.2) is 59.3 Å². The number of para-hydroxylation sites is 1. The third-order valence-electron chi connectivity index (χ3n) is 5.94. The van der Waals surface area contributed by atoms with Crippen LogP contribution < -0.4 is 15.8 Å². The SMILES string of the molecule is CCOC(=O)N1CCC(NC(=O)c2cc(N)cc3nc(-c4ccccc4OC)n(C)c23)CC1. The number of amides is 2. The summed E-state index contributed by atoms with van der Waals surface area (Å²) in [7, 11) is 3.49. The van der Waals surface area contributed by atoms with Crippen molar-refractivity contribution in [3.63, 3.8) is 0 Å². The molecule has 0 unspecified atom stereocenters. The molecule has 3 N–H and O–H groups in total. The number of ether oxygens (including phenoxy) is 2. The zero-order valence-corrected chi connectivity index (χ0v) is 19.1. The van der Waals surface area contributed by atoms with E-state index in [1.807, 2.05) is 35.9 Å². The van der Waals surface area contributed by atoms with Crippen molar-refractivity contribution < 1.29 is 19.1 Å². The summed E-state index contributed by atoms with van der Waals surface area (Å²) in [4.78, 5) is 31.6. The first-order chi connectivity index (χ1) is 15.9. The van der Waals surface area contributed by atoms with Gasteiger partial charge in [-0.15, -0.1) is 0 Å². The Morgan fingerprint density at radius 1 is 1.21 bits per heavy atom. The average molecular weight is 452 g/mol. The lowest BCUT2D eigenvalue weighted by Gasteiger charge is -2.31. The van der Waals surface area contributed by atoms with Gasteiger partial charge in [-0.3, -0.25) is 4.79 Å². The molecule has 1 fully saturated rings. The Kier molecular flexibility index (Phi) is 6.39. The van der Waals surface area contributed by atoms with Crippen LogP contribution in [0.25, 0.3) is 22.4 Å². The number of hydrogen-bond donors (Lipinski definition) is 2. The van der Waals surface area contributed by atoms with E-state index < -0.39 is 0 Å². The van der Waals surface area contributed by atoms with Crippen molar-refractivity contribution in [1.82, 2.24) is 19.8 Å². The molecule has 2 amide bonds. The molecule has 33 heavy (non-hydrogen) atoms. The number of methoxy groups -OCH3 is 1. The Labute approximate surface area is 192 Å². The van der Waals surface area contributed by atoms with Gasteiger partial charge in [-0.1, -0.05) is 12.1 Å². The maximum absolute atomic E-state index is 13.3. The molecule has 3 aromatic rings. The van der Waals surface area contributed by atoms with E-state index in [2.05, 4.69) is 5.32 Å². The molecule has 2 aromatic carbocycles. The third kappa shape index (κ3) is 4.44. The second-order valence-electron chi connectivity index (χ2n) is 8.06. The Balaban J connectivity index is 1.60. The van der Waals surface area contributed by atoms with E-state index in [4.69, 9.17) is 20.2 Å². The van der Waals surface area contributed by atoms with Gasteiger partial charge in [0.2, 0.25) is 0 Å². The minimum atomic E-state index is -0.307. The van der Waals surface area contributed by atoms with Gasteiger partial charge in [-0.2, -0.15) is 0 Å². The molecule has 0 bridgehead atoms. The zero-order valence-electron chi connectivity index (χ0n) is 19.1. The molecular formula is C24H29N5O4. The summed E-state index contributed by atoms with van der Waals surface area (Å²) in [5.41, 5.74) is 9.22. The zero-order chi connectivity index (χ0) is 23.5. The van der Waals surface area contributed by atoms with Crippen molar-refractivity contribution in [1.29, 1.82) is 0 Å². The van der Waals surface area contributed by atoms with Crippen LogP contribution in [-0.2, 0) is 11.8 Å². The number of carbonyl (C=O) groups excluding carboxylic acids is 2. The van der Waals surface area contributed by atoms with Gasteiger partial charge in [0.05, 0.1) is 35.9 Å². The summed E-state index contributed by atoms with van der Waals surface area (Å²) < 4.78 is 12.5. The van der Waals surface area contributed by atoms with Crippen molar-refractivity contribution in [3.05, 3.63) is 42.0 Å². The van der Waals surface area contributed by atoms with Gasteiger partial charge >= 0.3 is 6.09 Å². The average Bonchev–Trinajstić information content (AvgIpc) is 3.14. The van der Waals surface area contributed by atoms with Gasteiger partial charge in [0.25, 0.3) is 5.91 Å². The predicted molar refractivity (Wildman–Crippen MR) is 126 cm³/mol. The second kappa shape index (κ2) is 9.40. The molecule has 1 aliphatic rings. The van der Waals surface area contributed by atoms with Gasteiger partial charge in [-0.25, -0.2) is 9.78 Å². The van der Waals surface area contributed by atoms with Crippen LogP contribution in [0.2, 0.25) is 0 Å². The van der Waals surface area contributed by atoms with E-state index in [9.17, 15) is 9.59 Å². The molecule has 1 aliphatic heterocycles. The normalized spacial score (nSPS) is 14.3. The second-order valence-corrected chi connectivity index (χ2v) is 8.06. The Morgan fingerprint density at radius 3 is 2.64 bits per heavy atom. The molecule has 174 valence electrons. The number of carbonyl (C=O) groups is 2. The molecule has 0 atom stereocenters. The highest BCUT2D eigenvalue weighted by Crippen LogP contribution is 2.33. The molecule has 0 saturated carbocycles. The van der Waals surface area contributed by atoms with Gasteiger partial charge in [0.15, 0.2) is 0 Å². The molecular weight excluding hydrogens is 422 g/mol. The predicted octanol–water partition coefficient (Wildman–Crippen LogP) is 3.18. The number of imidazole rings is 1. The number of piperidine rings is 1. The quantitative estimate of drug-likeness (QED) is 0.576. The van der Waals surface area contributed by atoms with E-state index in [0.717, 1.165) is 5.56 Å². The summed E-state index contributed by atoms with van der Waals surface area (Å²) in [5.74, 6) is 1.17. The smallest absolute Gasteiger partial charge is 0.409 e. The summed E-state index contributed by atoms with van der Waals surface area (Å²) in [5, 5.41) is 3.11. The number of nitrogen functional groups attached to an aromatic ring is 1. The minimum absolute atomic E-state index is 0.0402. The van der Waals surface area contributed by atoms with Gasteiger partial charge in [0.1, 0.15) is 11.6 Å². The first kappa shape index (κ1) is 22.4. The molecule has 0 spiro atoms. The molecule has 9 heteroatoms. The molecule has 9 nitrogen and oxygen atoms in total. The fourth-order valence-electron chi connectivity index (χ4n) is 4.30. The summed E-state index contributed by atoms with van der Waals surface area (Å²) in [6.45, 7) is 3.22. The lowest BCUT2D eigenvalue weighted by Crippen LogP contribution is -2.46. The van der Waals surface area contributed by atoms with E-state index in [1.165, 1.54) is 0 Å². The van der Waals surface area contributed by atoms with Crippen LogP contribution >= 0.6 is 0 Å². The standard InChI is InChI=1S/C24H29N5O4/c1-4-33-24(31)29-11-9-16(10-12-29)26-23(30)18-13-15(25)14-19-21(18)28(2)22(27-19)17-7-5-6-8-20(17)32-3/h5-8,13-14,16H,4,9-12,25H2,1-3H3,(H,26,30). The lowest BCUT2D eigenvalue weighted by atomic mass is 10.0. The highest BCUT2D eigenvalue weighted by atomic mass is 16.6. The van der Waals surface area contributed by atoms with Crippen molar-refractivity contribution >= 4 is 28.7 Å². The highest BCUT2D eigenvalue weighted by Gasteiger charge is 2.26. The van der Waals surface area contributed by atoms with Crippen LogP contribution in [0.5, 0.6) is 5.75 Å². The first-order valence-corrected chi connectivity index (χ1v) is 11.0. The van der Waals surface area contributed by atoms with Crippen LogP contribution in [0, 0.1) is 0 Å². The summed E-state index contributed by atoms with van der Waals surface area (Å²) in [6, 6.07) is 11.0. The number of aryl methyl sites for hydroxylation is 1. The number of likely N-dealkylation sites (tertiary alicyclic amines) is 1. The first-order valence-electron chi connectivity index (χ1n) is 11.0. The van der Waals surface area contributed by atoms with Crippen LogP contribution in [0.1, 0.15) is 30.1 Å². The monoisotopic (exact) mass is 451 g/mol. The maximum Gasteiger partial charge on any atom is 0.409 e. The number of nitrogens with zero attached hydrogens (tertiary/aromatic N) is 3. The number of nitrogens with two attached hydrogens (primary N) is 1. The van der Waals surface area contributed by atoms with E-state index in [-0.39, 0.29) is 18.0 Å². The van der Waals surface area contributed by atoms with Crippen molar-refractivity contribution in [2.24, 2.45) is 7.05 Å². The number of fused-ring (bicyclic) bond motifs is 1. The Hall–Kier alpha value is -3.75. The van der Waals surface area contributed by atoms with Crippen molar-refractivity contribution in [2.75, 3.05) is 32.5 Å². The van der Waals surface area contributed by atoms with E-state index >= 15 is 0 Å². The fraction of sp³-hybridized carbons (Fsp3) is 0.375. The Morgan fingerprint density at radius 2 is 1.94 bits per heavy atom. The number of aromatic nitrogens is 2. The van der Waals surface area contributed by atoms with Gasteiger partial charge < -0.3 is 30.0 Å². The van der Waals surface area contributed by atoms with E-state index in [1.54, 1.807) is 31.1 Å². The van der Waals surface area contributed by atoms with Crippen LogP contribution in [0.15, 0.2) is 36.4 Å². The largest absolute Gasteiger partial charge is 0.496 e. The maximum atomic E-state index is 13.3. The number of anilines is 1. The lowest BCUT2D eigenvalue weighted by molar-refractivity contribution is 0.0861. The van der Waals surface area contributed by atoms with Gasteiger partial charge in [-0.05, 0) is 44.0 Å². The molecule has 1 aromatic heterocycles. The minimum Gasteiger partial charge on any atom is -0.496 e. The number of rotatable bonds is 5. The number of hydrogen-bond acceptors (Lipinski definition) is 6. The van der Waals surface area contributed by atoms with Crippen molar-refractivity contribution in [3.8, 4) is 17.1 Å². The summed E-state index contributed by atoms with van der Waals surface area (Å²) in [6.07, 6.45) is 1.01. The van der Waals surface area contributed by atoms with Gasteiger partial charge in [0, 0.05) is 31.9 Å². The molecule has 4 rings (SSSR count). The van der Waals surface area contributed by atoms with E-state index in [0.29, 0.717) is 66.4 Å². The molecule has 1 saturated heterocycles. The van der Waals surface area contributed by atoms with Crippen LogP contribution in [0.3, 0.4) is 0 Å². The summed E-state index contributed by atoms with van der Waals surface area (Å²) >= 11 is 0. The number of benzene rings is 2. The topological polar surface area (TPSA) is 112 Å². The number of nitrogens with one attached hydrogen (secondary N) is 1. The fourth-order valence-corrected chi connectivity index (χ4v) is 4.30. The van der Waals surface area contributed by atoms with Crippen molar-refractivity contribution in [2.45, 2.75) is 25.8 Å². The highest BCUT2D eigenvalue weighted by molar-refractivity contribution is 6.07. The molecule has 0 radical (unpaired) electrons. The third-order valence-corrected chi connectivity index (χ3v) is 5.94. The molecule has 2 heterocycles.